The van der Waals surface area contributed by atoms with Gasteiger partial charge in [-0.3, -0.25) is 0 Å². The number of imidazole rings is 1. The SMILES string of the molecule is NC(c1ccc(F)c(F)c1)c1cc2[nH]c(=O)[nH]c2cc1Br. The fraction of sp³-hybridized carbons (Fsp3) is 0.0714. The number of H-pyrrole nitrogens is 2. The van der Waals surface area contributed by atoms with Crippen LogP contribution in [0.25, 0.3) is 11.0 Å². The lowest BCUT2D eigenvalue weighted by atomic mass is 9.99. The lowest BCUT2D eigenvalue weighted by Gasteiger charge is -2.15. The van der Waals surface area contributed by atoms with Gasteiger partial charge in [0.15, 0.2) is 11.6 Å². The topological polar surface area (TPSA) is 74.7 Å². The highest BCUT2D eigenvalue weighted by atomic mass is 79.9. The van der Waals surface area contributed by atoms with Gasteiger partial charge in [0.05, 0.1) is 17.1 Å². The van der Waals surface area contributed by atoms with Crippen molar-refractivity contribution in [2.75, 3.05) is 0 Å². The number of aromatic amines is 2. The largest absolute Gasteiger partial charge is 0.323 e. The van der Waals surface area contributed by atoms with Crippen LogP contribution in [0.1, 0.15) is 17.2 Å². The van der Waals surface area contributed by atoms with E-state index < -0.39 is 17.7 Å². The van der Waals surface area contributed by atoms with Gasteiger partial charge >= 0.3 is 5.69 Å². The summed E-state index contributed by atoms with van der Waals surface area (Å²) < 4.78 is 27.0. The van der Waals surface area contributed by atoms with E-state index in [1.807, 2.05) is 0 Å². The standard InChI is InChI=1S/C14H10BrF2N3O/c15-8-5-12-11(19-14(21)20-12)4-7(8)13(18)6-1-2-9(16)10(17)3-6/h1-5,13H,18H2,(H2,19,20,21). The van der Waals surface area contributed by atoms with Gasteiger partial charge in [-0.15, -0.1) is 0 Å². The average molecular weight is 354 g/mol. The lowest BCUT2D eigenvalue weighted by Crippen LogP contribution is -2.13. The van der Waals surface area contributed by atoms with Crippen molar-refractivity contribution >= 4 is 27.0 Å². The minimum absolute atomic E-state index is 0.324. The van der Waals surface area contributed by atoms with E-state index in [9.17, 15) is 13.6 Å². The van der Waals surface area contributed by atoms with Crippen molar-refractivity contribution in [3.8, 4) is 0 Å². The summed E-state index contributed by atoms with van der Waals surface area (Å²) in [6.45, 7) is 0. The molecule has 1 unspecified atom stereocenters. The van der Waals surface area contributed by atoms with Gasteiger partial charge < -0.3 is 15.7 Å². The summed E-state index contributed by atoms with van der Waals surface area (Å²) in [4.78, 5) is 16.5. The number of nitrogens with one attached hydrogen (secondary N) is 2. The molecule has 4 N–H and O–H groups in total. The number of aromatic nitrogens is 2. The Morgan fingerprint density at radius 1 is 1.05 bits per heavy atom. The van der Waals surface area contributed by atoms with Gasteiger partial charge in [0.1, 0.15) is 0 Å². The molecule has 0 aliphatic carbocycles. The van der Waals surface area contributed by atoms with Crippen molar-refractivity contribution in [2.24, 2.45) is 5.73 Å². The molecule has 3 rings (SSSR count). The predicted molar refractivity (Wildman–Crippen MR) is 79.0 cm³/mol. The maximum atomic E-state index is 13.3. The van der Waals surface area contributed by atoms with Gasteiger partial charge in [0.25, 0.3) is 0 Å². The monoisotopic (exact) mass is 353 g/mol. The molecule has 2 aromatic carbocycles. The summed E-state index contributed by atoms with van der Waals surface area (Å²) in [7, 11) is 0. The molecule has 0 spiro atoms. The minimum atomic E-state index is -0.949. The molecule has 21 heavy (non-hydrogen) atoms. The second-order valence-corrected chi connectivity index (χ2v) is 5.50. The Morgan fingerprint density at radius 2 is 1.71 bits per heavy atom. The first-order valence-corrected chi connectivity index (χ1v) is 6.87. The van der Waals surface area contributed by atoms with Crippen LogP contribution < -0.4 is 11.4 Å². The van der Waals surface area contributed by atoms with E-state index in [1.54, 1.807) is 12.1 Å². The molecule has 0 radical (unpaired) electrons. The van der Waals surface area contributed by atoms with E-state index in [0.717, 1.165) is 12.1 Å². The molecule has 0 aliphatic heterocycles. The maximum absolute atomic E-state index is 13.3. The molecule has 3 aromatic rings. The van der Waals surface area contributed by atoms with Gasteiger partial charge in [-0.2, -0.15) is 0 Å². The average Bonchev–Trinajstić information content (AvgIpc) is 2.79. The number of hydrogen-bond acceptors (Lipinski definition) is 2. The third-order valence-electron chi connectivity index (χ3n) is 3.27. The fourth-order valence-electron chi connectivity index (χ4n) is 2.20. The van der Waals surface area contributed by atoms with E-state index in [4.69, 9.17) is 5.73 Å². The molecule has 0 bridgehead atoms. The van der Waals surface area contributed by atoms with Crippen molar-refractivity contribution in [2.45, 2.75) is 6.04 Å². The first kappa shape index (κ1) is 14.0. The summed E-state index contributed by atoms with van der Waals surface area (Å²) in [6, 6.07) is 6.29. The second-order valence-electron chi connectivity index (χ2n) is 4.65. The molecular weight excluding hydrogens is 344 g/mol. The number of benzene rings is 2. The summed E-state index contributed by atoms with van der Waals surface area (Å²) in [5.41, 5.74) is 8.11. The Labute approximate surface area is 126 Å². The van der Waals surface area contributed by atoms with E-state index in [-0.39, 0.29) is 5.69 Å². The zero-order valence-electron chi connectivity index (χ0n) is 10.6. The Hall–Kier alpha value is -1.99. The molecule has 7 heteroatoms. The van der Waals surface area contributed by atoms with Crippen LogP contribution in [0.5, 0.6) is 0 Å². The van der Waals surface area contributed by atoms with E-state index >= 15 is 0 Å². The van der Waals surface area contributed by atoms with E-state index in [0.29, 0.717) is 26.6 Å². The highest BCUT2D eigenvalue weighted by Gasteiger charge is 2.16. The quantitative estimate of drug-likeness (QED) is 0.662. The zero-order valence-corrected chi connectivity index (χ0v) is 12.2. The van der Waals surface area contributed by atoms with Crippen molar-refractivity contribution in [3.05, 3.63) is 68.1 Å². The van der Waals surface area contributed by atoms with Gasteiger partial charge in [-0.05, 0) is 35.4 Å². The molecular formula is C14H10BrF2N3O. The molecule has 0 saturated heterocycles. The number of hydrogen-bond donors (Lipinski definition) is 3. The Morgan fingerprint density at radius 3 is 2.38 bits per heavy atom. The van der Waals surface area contributed by atoms with E-state index in [1.165, 1.54) is 6.07 Å². The van der Waals surface area contributed by atoms with Gasteiger partial charge in [0.2, 0.25) is 0 Å². The molecule has 108 valence electrons. The normalized spacial score (nSPS) is 12.8. The first-order chi connectivity index (χ1) is 9.95. The summed E-state index contributed by atoms with van der Waals surface area (Å²) in [5, 5.41) is 0. The number of nitrogens with two attached hydrogens (primary N) is 1. The van der Waals surface area contributed by atoms with Crippen LogP contribution >= 0.6 is 15.9 Å². The lowest BCUT2D eigenvalue weighted by molar-refractivity contribution is 0.506. The van der Waals surface area contributed by atoms with Crippen LogP contribution in [0.4, 0.5) is 8.78 Å². The van der Waals surface area contributed by atoms with Crippen molar-refractivity contribution in [1.29, 1.82) is 0 Å². The van der Waals surface area contributed by atoms with Crippen LogP contribution in [0.2, 0.25) is 0 Å². The van der Waals surface area contributed by atoms with Crippen molar-refractivity contribution in [3.63, 3.8) is 0 Å². The second kappa shape index (κ2) is 5.09. The highest BCUT2D eigenvalue weighted by molar-refractivity contribution is 9.10. The minimum Gasteiger partial charge on any atom is -0.320 e. The van der Waals surface area contributed by atoms with Crippen LogP contribution in [0.3, 0.4) is 0 Å². The van der Waals surface area contributed by atoms with Gasteiger partial charge in [0, 0.05) is 4.47 Å². The third-order valence-corrected chi connectivity index (χ3v) is 3.96. The van der Waals surface area contributed by atoms with Gasteiger partial charge in [-0.1, -0.05) is 22.0 Å². The Bertz CT molecular complexity index is 888. The van der Waals surface area contributed by atoms with Crippen LogP contribution in [-0.4, -0.2) is 9.97 Å². The van der Waals surface area contributed by atoms with Crippen LogP contribution in [-0.2, 0) is 0 Å². The summed E-state index contributed by atoms with van der Waals surface area (Å²) in [6.07, 6.45) is 0. The van der Waals surface area contributed by atoms with Crippen LogP contribution in [0.15, 0.2) is 39.6 Å². The summed E-state index contributed by atoms with van der Waals surface area (Å²) in [5.74, 6) is -1.87. The Kier molecular flexibility index (Phi) is 3.38. The molecule has 1 aromatic heterocycles. The Balaban J connectivity index is 2.11. The van der Waals surface area contributed by atoms with Crippen molar-refractivity contribution in [1.82, 2.24) is 9.97 Å². The third kappa shape index (κ3) is 2.50. The molecule has 0 fully saturated rings. The smallest absolute Gasteiger partial charge is 0.320 e. The molecule has 4 nitrogen and oxygen atoms in total. The summed E-state index contributed by atoms with van der Waals surface area (Å²) >= 11 is 3.37. The fourth-order valence-corrected chi connectivity index (χ4v) is 2.79. The number of fused-ring (bicyclic) bond motifs is 1. The highest BCUT2D eigenvalue weighted by Crippen LogP contribution is 2.30. The maximum Gasteiger partial charge on any atom is 0.323 e. The molecule has 0 amide bonds. The van der Waals surface area contributed by atoms with Gasteiger partial charge in [-0.25, -0.2) is 13.6 Å². The van der Waals surface area contributed by atoms with E-state index in [2.05, 4.69) is 25.9 Å². The zero-order chi connectivity index (χ0) is 15.1. The van der Waals surface area contributed by atoms with Crippen molar-refractivity contribution < 1.29 is 8.78 Å². The molecule has 0 saturated carbocycles. The number of rotatable bonds is 2. The molecule has 1 heterocycles. The predicted octanol–water partition coefficient (Wildman–Crippen LogP) is 2.95. The molecule has 0 aliphatic rings. The first-order valence-electron chi connectivity index (χ1n) is 6.07. The number of halogens is 3. The molecule has 1 atom stereocenters. The van der Waals surface area contributed by atoms with Crippen LogP contribution in [0, 0.1) is 11.6 Å².